The lowest BCUT2D eigenvalue weighted by atomic mass is 10.00. The van der Waals surface area contributed by atoms with Gasteiger partial charge in [0.2, 0.25) is 0 Å². The molecule has 0 bridgehead atoms. The number of benzene rings is 4. The first-order chi connectivity index (χ1) is 15.4. The zero-order valence-corrected chi connectivity index (χ0v) is 16.9. The number of pyridine rings is 1. The van der Waals surface area contributed by atoms with Crippen LogP contribution in [0.5, 0.6) is 0 Å². The maximum atomic E-state index is 4.67. The minimum absolute atomic E-state index is 0.971. The average molecular weight is 396 g/mol. The molecule has 4 aromatic carbocycles. The molecule has 2 heterocycles. The number of hydrogen-bond donors (Lipinski definition) is 0. The van der Waals surface area contributed by atoms with E-state index in [2.05, 4.69) is 113 Å². The third-order valence-corrected chi connectivity index (χ3v) is 5.87. The monoisotopic (exact) mass is 396 g/mol. The third-order valence-electron chi connectivity index (χ3n) is 5.87. The second-order valence-corrected chi connectivity index (χ2v) is 7.68. The Hall–Kier alpha value is -4.17. The molecule has 6 aromatic rings. The van der Waals surface area contributed by atoms with Crippen LogP contribution in [-0.2, 0) is 0 Å². The van der Waals surface area contributed by atoms with Gasteiger partial charge in [-0.15, -0.1) is 0 Å². The summed E-state index contributed by atoms with van der Waals surface area (Å²) in [7, 11) is 0. The highest BCUT2D eigenvalue weighted by molar-refractivity contribution is 6.09. The molecule has 0 N–H and O–H groups in total. The standard InChI is InChI=1S/C29H20N2/c1-2-10-21(11-3-1)22-17-18-25(26-14-8-9-19-30-26)29(20-22)31-27-15-6-4-12-23(27)24-13-5-7-16-28(24)31/h1-20H. The van der Waals surface area contributed by atoms with E-state index < -0.39 is 0 Å². The summed E-state index contributed by atoms with van der Waals surface area (Å²) in [5.74, 6) is 0. The van der Waals surface area contributed by atoms with Gasteiger partial charge < -0.3 is 4.57 Å². The van der Waals surface area contributed by atoms with E-state index in [-0.39, 0.29) is 0 Å². The Morgan fingerprint density at radius 2 is 1.16 bits per heavy atom. The summed E-state index contributed by atoms with van der Waals surface area (Å²) in [6.07, 6.45) is 1.86. The third kappa shape index (κ3) is 2.92. The Bertz CT molecular complexity index is 1460. The summed E-state index contributed by atoms with van der Waals surface area (Å²) in [5, 5.41) is 2.52. The molecule has 0 radical (unpaired) electrons. The van der Waals surface area contributed by atoms with Crippen molar-refractivity contribution < 1.29 is 0 Å². The van der Waals surface area contributed by atoms with Crippen LogP contribution in [0.3, 0.4) is 0 Å². The molecule has 0 saturated carbocycles. The second kappa shape index (κ2) is 7.26. The SMILES string of the molecule is c1ccc(-c2ccc(-c3ccccn3)c(-n3c4ccccc4c4ccccc43)c2)cc1. The van der Waals surface area contributed by atoms with Gasteiger partial charge in [-0.25, -0.2) is 0 Å². The summed E-state index contributed by atoms with van der Waals surface area (Å²) < 4.78 is 2.38. The average Bonchev–Trinajstić information content (AvgIpc) is 3.19. The van der Waals surface area contributed by atoms with Crippen molar-refractivity contribution in [3.63, 3.8) is 0 Å². The molecular weight excluding hydrogens is 376 g/mol. The molecule has 0 aliphatic heterocycles. The van der Waals surface area contributed by atoms with Crippen LogP contribution in [0.1, 0.15) is 0 Å². The first-order valence-corrected chi connectivity index (χ1v) is 10.5. The van der Waals surface area contributed by atoms with E-state index >= 15 is 0 Å². The number of aromatic nitrogens is 2. The van der Waals surface area contributed by atoms with Crippen LogP contribution in [0.15, 0.2) is 121 Å². The van der Waals surface area contributed by atoms with Crippen molar-refractivity contribution in [2.24, 2.45) is 0 Å². The quantitative estimate of drug-likeness (QED) is 0.303. The zero-order valence-electron chi connectivity index (χ0n) is 16.9. The molecule has 0 fully saturated rings. The van der Waals surface area contributed by atoms with Crippen molar-refractivity contribution >= 4 is 21.8 Å². The number of para-hydroxylation sites is 2. The molecular formula is C29H20N2. The van der Waals surface area contributed by atoms with E-state index in [1.54, 1.807) is 0 Å². The minimum Gasteiger partial charge on any atom is -0.309 e. The van der Waals surface area contributed by atoms with Gasteiger partial charge in [0.25, 0.3) is 0 Å². The van der Waals surface area contributed by atoms with Crippen molar-refractivity contribution in [1.29, 1.82) is 0 Å². The summed E-state index contributed by atoms with van der Waals surface area (Å²) >= 11 is 0. The van der Waals surface area contributed by atoms with Crippen molar-refractivity contribution in [1.82, 2.24) is 9.55 Å². The highest BCUT2D eigenvalue weighted by Crippen LogP contribution is 2.37. The van der Waals surface area contributed by atoms with Gasteiger partial charge in [-0.2, -0.15) is 0 Å². The molecule has 0 saturated heterocycles. The fraction of sp³-hybridized carbons (Fsp3) is 0. The topological polar surface area (TPSA) is 17.8 Å². The lowest BCUT2D eigenvalue weighted by molar-refractivity contribution is 1.17. The lowest BCUT2D eigenvalue weighted by Crippen LogP contribution is -1.99. The van der Waals surface area contributed by atoms with Crippen LogP contribution in [0.2, 0.25) is 0 Å². The maximum Gasteiger partial charge on any atom is 0.0723 e. The van der Waals surface area contributed by atoms with E-state index in [0.29, 0.717) is 0 Å². The van der Waals surface area contributed by atoms with E-state index in [1.165, 1.54) is 32.9 Å². The predicted molar refractivity (Wildman–Crippen MR) is 129 cm³/mol. The zero-order chi connectivity index (χ0) is 20.6. The van der Waals surface area contributed by atoms with E-state index in [9.17, 15) is 0 Å². The first-order valence-electron chi connectivity index (χ1n) is 10.5. The second-order valence-electron chi connectivity index (χ2n) is 7.68. The van der Waals surface area contributed by atoms with Gasteiger partial charge in [-0.1, -0.05) is 84.9 Å². The first kappa shape index (κ1) is 17.7. The molecule has 2 aromatic heterocycles. The van der Waals surface area contributed by atoms with Crippen molar-refractivity contribution in [2.45, 2.75) is 0 Å². The fourth-order valence-electron chi connectivity index (χ4n) is 4.45. The Balaban J connectivity index is 1.73. The lowest BCUT2D eigenvalue weighted by Gasteiger charge is -2.15. The van der Waals surface area contributed by atoms with Crippen LogP contribution >= 0.6 is 0 Å². The normalized spacial score (nSPS) is 11.2. The molecule has 2 heteroatoms. The Morgan fingerprint density at radius 3 is 1.84 bits per heavy atom. The number of hydrogen-bond acceptors (Lipinski definition) is 1. The Kier molecular flexibility index (Phi) is 4.14. The van der Waals surface area contributed by atoms with E-state index in [4.69, 9.17) is 0 Å². The van der Waals surface area contributed by atoms with Gasteiger partial charge in [0.1, 0.15) is 0 Å². The number of nitrogens with zero attached hydrogens (tertiary/aromatic N) is 2. The van der Waals surface area contributed by atoms with E-state index in [1.807, 2.05) is 18.3 Å². The van der Waals surface area contributed by atoms with Crippen molar-refractivity contribution in [2.75, 3.05) is 0 Å². The van der Waals surface area contributed by atoms with Crippen LogP contribution < -0.4 is 0 Å². The molecule has 31 heavy (non-hydrogen) atoms. The van der Waals surface area contributed by atoms with Gasteiger partial charge in [0, 0.05) is 22.5 Å². The molecule has 0 amide bonds. The van der Waals surface area contributed by atoms with Gasteiger partial charge in [-0.3, -0.25) is 4.98 Å². The molecule has 0 spiro atoms. The summed E-state index contributed by atoms with van der Waals surface area (Å²) in [6.45, 7) is 0. The molecule has 2 nitrogen and oxygen atoms in total. The van der Waals surface area contributed by atoms with Crippen LogP contribution in [0.25, 0.3) is 49.9 Å². The molecule has 6 rings (SSSR count). The highest BCUT2D eigenvalue weighted by atomic mass is 15.0. The Labute approximate surface area is 181 Å². The minimum atomic E-state index is 0.971. The molecule has 0 unspecified atom stereocenters. The fourth-order valence-corrected chi connectivity index (χ4v) is 4.45. The van der Waals surface area contributed by atoms with Gasteiger partial charge in [-0.05, 0) is 41.5 Å². The van der Waals surface area contributed by atoms with Gasteiger partial charge in [0.05, 0.1) is 22.4 Å². The molecule has 0 atom stereocenters. The van der Waals surface area contributed by atoms with Crippen LogP contribution in [0, 0.1) is 0 Å². The van der Waals surface area contributed by atoms with Crippen molar-refractivity contribution in [3.05, 3.63) is 121 Å². The van der Waals surface area contributed by atoms with Crippen LogP contribution in [-0.4, -0.2) is 9.55 Å². The van der Waals surface area contributed by atoms with Crippen molar-refractivity contribution in [3.8, 4) is 28.1 Å². The summed E-state index contributed by atoms with van der Waals surface area (Å²) in [6, 6.07) is 40.6. The molecule has 146 valence electrons. The maximum absolute atomic E-state index is 4.67. The largest absolute Gasteiger partial charge is 0.309 e. The molecule has 0 aliphatic carbocycles. The smallest absolute Gasteiger partial charge is 0.0723 e. The highest BCUT2D eigenvalue weighted by Gasteiger charge is 2.16. The Morgan fingerprint density at radius 1 is 0.516 bits per heavy atom. The van der Waals surface area contributed by atoms with Gasteiger partial charge in [0.15, 0.2) is 0 Å². The predicted octanol–water partition coefficient (Wildman–Crippen LogP) is 7.51. The van der Waals surface area contributed by atoms with Gasteiger partial charge >= 0.3 is 0 Å². The summed E-state index contributed by atoms with van der Waals surface area (Å²) in [4.78, 5) is 4.67. The number of fused-ring (bicyclic) bond motifs is 3. The van der Waals surface area contributed by atoms with Crippen LogP contribution in [0.4, 0.5) is 0 Å². The van der Waals surface area contributed by atoms with E-state index in [0.717, 1.165) is 16.9 Å². The number of rotatable bonds is 3. The molecule has 0 aliphatic rings. The summed E-state index contributed by atoms with van der Waals surface area (Å²) in [5.41, 5.74) is 8.02.